The summed E-state index contributed by atoms with van der Waals surface area (Å²) in [6.07, 6.45) is 3.09. The van der Waals surface area contributed by atoms with E-state index in [9.17, 15) is 4.39 Å². The number of aromatic nitrogens is 1. The van der Waals surface area contributed by atoms with Gasteiger partial charge in [0.1, 0.15) is 5.73 Å². The van der Waals surface area contributed by atoms with E-state index in [1.807, 2.05) is 58.0 Å². The highest BCUT2D eigenvalue weighted by atomic mass is 19.1. The lowest BCUT2D eigenvalue weighted by Crippen LogP contribution is -2.41. The first-order valence-corrected chi connectivity index (χ1v) is 9.46. The van der Waals surface area contributed by atoms with E-state index in [0.717, 1.165) is 16.3 Å². The van der Waals surface area contributed by atoms with Gasteiger partial charge in [0.2, 0.25) is 5.88 Å². The Labute approximate surface area is 159 Å². The molecule has 0 N–H and O–H groups in total. The predicted octanol–water partition coefficient (Wildman–Crippen LogP) is 4.88. The van der Waals surface area contributed by atoms with E-state index < -0.39 is 18.3 Å². The summed E-state index contributed by atoms with van der Waals surface area (Å²) in [6.45, 7) is 8.25. The molecule has 2 heterocycles. The Morgan fingerprint density at radius 1 is 1.15 bits per heavy atom. The summed E-state index contributed by atoms with van der Waals surface area (Å²) in [5, 5.41) is 2.10. The largest absolute Gasteiger partial charge is 0.525 e. The van der Waals surface area contributed by atoms with Gasteiger partial charge in [-0.25, -0.2) is 9.37 Å². The highest BCUT2D eigenvalue weighted by Gasteiger charge is 2.54. The number of fused-ring (bicyclic) bond motifs is 1. The van der Waals surface area contributed by atoms with Gasteiger partial charge in [-0.2, -0.15) is 0 Å². The second kappa shape index (κ2) is 6.60. The molecule has 142 valence electrons. The molecular formula is C21H25BFNO3. The van der Waals surface area contributed by atoms with Crippen molar-refractivity contribution in [3.05, 3.63) is 47.8 Å². The van der Waals surface area contributed by atoms with Crippen molar-refractivity contribution in [1.29, 1.82) is 0 Å². The van der Waals surface area contributed by atoms with Gasteiger partial charge < -0.3 is 14.0 Å². The van der Waals surface area contributed by atoms with Crippen molar-refractivity contribution in [3.8, 4) is 5.88 Å². The molecule has 1 aliphatic carbocycles. The summed E-state index contributed by atoms with van der Waals surface area (Å²) in [7, 11) is -0.897. The van der Waals surface area contributed by atoms with Gasteiger partial charge in [-0.05, 0) is 63.6 Å². The smallest absolute Gasteiger partial charge is 0.477 e. The Morgan fingerprint density at radius 3 is 2.52 bits per heavy atom. The Hall–Kier alpha value is -1.92. The number of allylic oxidation sites excluding steroid dienone is 1. The van der Waals surface area contributed by atoms with Crippen LogP contribution in [-0.4, -0.2) is 29.9 Å². The fourth-order valence-electron chi connectivity index (χ4n) is 3.47. The van der Waals surface area contributed by atoms with Crippen LogP contribution >= 0.6 is 0 Å². The van der Waals surface area contributed by atoms with Crippen LogP contribution in [0.5, 0.6) is 5.88 Å². The zero-order valence-electron chi connectivity index (χ0n) is 16.3. The van der Waals surface area contributed by atoms with Crippen LogP contribution in [0.1, 0.15) is 40.5 Å². The normalized spacial score (nSPS) is 23.4. The molecule has 0 bridgehead atoms. The molecule has 0 spiro atoms. The van der Waals surface area contributed by atoms with E-state index in [2.05, 4.69) is 4.98 Å². The maximum atomic E-state index is 14.8. The van der Waals surface area contributed by atoms with Crippen molar-refractivity contribution in [2.24, 2.45) is 5.92 Å². The van der Waals surface area contributed by atoms with Crippen molar-refractivity contribution in [2.75, 3.05) is 6.61 Å². The summed E-state index contributed by atoms with van der Waals surface area (Å²) < 4.78 is 32.3. The van der Waals surface area contributed by atoms with Crippen molar-refractivity contribution in [3.63, 3.8) is 0 Å². The van der Waals surface area contributed by atoms with E-state index >= 15 is 0 Å². The third-order valence-corrected chi connectivity index (χ3v) is 5.96. The zero-order chi connectivity index (χ0) is 19.2. The van der Waals surface area contributed by atoms with E-state index in [0.29, 0.717) is 25.3 Å². The maximum Gasteiger partial charge on any atom is 0.525 e. The minimum Gasteiger partial charge on any atom is -0.477 e. The number of pyridine rings is 1. The first kappa shape index (κ1) is 18.4. The number of benzene rings is 1. The fourth-order valence-corrected chi connectivity index (χ4v) is 3.47. The average molecular weight is 369 g/mol. The highest BCUT2D eigenvalue weighted by molar-refractivity contribution is 6.53. The molecule has 0 amide bonds. The molecule has 1 saturated carbocycles. The van der Waals surface area contributed by atoms with Crippen molar-refractivity contribution in [2.45, 2.75) is 51.7 Å². The first-order chi connectivity index (χ1) is 12.8. The Bertz CT molecular complexity index is 867. The van der Waals surface area contributed by atoms with Gasteiger partial charge in [0.25, 0.3) is 0 Å². The van der Waals surface area contributed by atoms with Gasteiger partial charge in [-0.3, -0.25) is 0 Å². The molecule has 27 heavy (non-hydrogen) atoms. The van der Waals surface area contributed by atoms with Crippen LogP contribution < -0.4 is 4.74 Å². The van der Waals surface area contributed by atoms with Gasteiger partial charge in [0.05, 0.1) is 17.8 Å². The van der Waals surface area contributed by atoms with Gasteiger partial charge in [0, 0.05) is 17.5 Å². The molecule has 1 saturated heterocycles. The number of hydrogen-bond acceptors (Lipinski definition) is 4. The molecule has 6 heteroatoms. The molecule has 4 nitrogen and oxygen atoms in total. The minimum absolute atomic E-state index is 0.270. The van der Waals surface area contributed by atoms with E-state index in [1.54, 1.807) is 6.20 Å². The third kappa shape index (κ3) is 3.36. The molecule has 4 rings (SSSR count). The van der Waals surface area contributed by atoms with Crippen LogP contribution in [0, 0.1) is 5.92 Å². The van der Waals surface area contributed by atoms with Crippen molar-refractivity contribution >= 4 is 17.9 Å². The quantitative estimate of drug-likeness (QED) is 0.721. The van der Waals surface area contributed by atoms with Crippen LogP contribution in [0.15, 0.2) is 47.8 Å². The molecule has 0 radical (unpaired) electrons. The second-order valence-electron chi connectivity index (χ2n) is 8.46. The zero-order valence-corrected chi connectivity index (χ0v) is 16.3. The molecule has 2 fully saturated rings. The summed E-state index contributed by atoms with van der Waals surface area (Å²) in [4.78, 5) is 4.34. The van der Waals surface area contributed by atoms with E-state index in [-0.39, 0.29) is 11.6 Å². The van der Waals surface area contributed by atoms with Gasteiger partial charge >= 0.3 is 7.12 Å². The average Bonchev–Trinajstić information content (AvgIpc) is 2.81. The molecule has 0 atom stereocenters. The van der Waals surface area contributed by atoms with Crippen LogP contribution in [0.4, 0.5) is 4.39 Å². The molecule has 1 aliphatic heterocycles. The Kier molecular flexibility index (Phi) is 4.51. The SMILES string of the molecule is CC1(C)OB(C(F)=C2CC(COc3nccc4ccccc34)C2)OC1(C)C. The summed E-state index contributed by atoms with van der Waals surface area (Å²) >= 11 is 0. The highest BCUT2D eigenvalue weighted by Crippen LogP contribution is 2.43. The van der Waals surface area contributed by atoms with Crippen molar-refractivity contribution < 1.29 is 18.4 Å². The lowest BCUT2D eigenvalue weighted by Gasteiger charge is -2.32. The summed E-state index contributed by atoms with van der Waals surface area (Å²) in [5.74, 6) is 0.922. The second-order valence-corrected chi connectivity index (χ2v) is 8.46. The standard InChI is InChI=1S/C21H25BFNO3/c1-20(2)21(3,4)27-22(26-20)18(23)16-11-14(12-16)13-25-19-17-8-6-5-7-15(17)9-10-24-19/h5-10,14H,11-13H2,1-4H3. The summed E-state index contributed by atoms with van der Waals surface area (Å²) in [6, 6.07) is 9.97. The molecule has 0 unspecified atom stereocenters. The third-order valence-electron chi connectivity index (χ3n) is 5.96. The minimum atomic E-state index is -0.897. The maximum absolute atomic E-state index is 14.8. The van der Waals surface area contributed by atoms with Gasteiger partial charge in [0.15, 0.2) is 0 Å². The van der Waals surface area contributed by atoms with Crippen LogP contribution in [0.25, 0.3) is 10.8 Å². The van der Waals surface area contributed by atoms with E-state index in [4.69, 9.17) is 14.0 Å². The molecule has 2 aromatic rings. The molecule has 2 aliphatic rings. The monoisotopic (exact) mass is 369 g/mol. The first-order valence-electron chi connectivity index (χ1n) is 9.46. The number of ether oxygens (including phenoxy) is 1. The van der Waals surface area contributed by atoms with Gasteiger partial charge in [-0.1, -0.05) is 18.2 Å². The number of rotatable bonds is 4. The summed E-state index contributed by atoms with van der Waals surface area (Å²) in [5.41, 5.74) is -0.551. The van der Waals surface area contributed by atoms with Crippen LogP contribution in [0.2, 0.25) is 0 Å². The predicted molar refractivity (Wildman–Crippen MR) is 104 cm³/mol. The fraction of sp³-hybridized carbons (Fsp3) is 0.476. The number of halogens is 1. The van der Waals surface area contributed by atoms with E-state index in [1.165, 1.54) is 0 Å². The molecule has 1 aromatic carbocycles. The lowest BCUT2D eigenvalue weighted by atomic mass is 9.73. The Balaban J connectivity index is 1.36. The topological polar surface area (TPSA) is 40.6 Å². The molecule has 1 aromatic heterocycles. The van der Waals surface area contributed by atoms with Gasteiger partial charge in [-0.15, -0.1) is 0 Å². The lowest BCUT2D eigenvalue weighted by molar-refractivity contribution is 0.00578. The Morgan fingerprint density at radius 2 is 1.81 bits per heavy atom. The van der Waals surface area contributed by atoms with Crippen LogP contribution in [-0.2, 0) is 9.31 Å². The van der Waals surface area contributed by atoms with Crippen LogP contribution in [0.3, 0.4) is 0 Å². The number of nitrogens with zero attached hydrogens (tertiary/aromatic N) is 1. The number of hydrogen-bond donors (Lipinski definition) is 0. The molecular weight excluding hydrogens is 344 g/mol. The van der Waals surface area contributed by atoms with Crippen molar-refractivity contribution in [1.82, 2.24) is 4.98 Å².